The number of hydrogen-bond donors (Lipinski definition) is 2. The van der Waals surface area contributed by atoms with E-state index in [4.69, 9.17) is 24.5 Å². The predicted molar refractivity (Wildman–Crippen MR) is 138 cm³/mol. The summed E-state index contributed by atoms with van der Waals surface area (Å²) in [5.41, 5.74) is 7.55. The lowest BCUT2D eigenvalue weighted by molar-refractivity contribution is -0.186. The number of hydroxylamine groups is 1. The van der Waals surface area contributed by atoms with E-state index in [-0.39, 0.29) is 5.56 Å². The molecule has 188 valence electrons. The Morgan fingerprint density at radius 3 is 2.49 bits per heavy atom. The van der Waals surface area contributed by atoms with Gasteiger partial charge in [-0.1, -0.05) is 53.7 Å². The van der Waals surface area contributed by atoms with Gasteiger partial charge >= 0.3 is 0 Å². The van der Waals surface area contributed by atoms with Gasteiger partial charge in [-0.15, -0.1) is 0 Å². The van der Waals surface area contributed by atoms with E-state index in [1.54, 1.807) is 18.5 Å². The standard InChI is InChI=1S/C28H26N4O5/c1-35-27-25(28(33)32-37-24-4-2-3-15-36-24)22-17-29-14-13-23(22)31-26(27)21-11-9-20(10-12-21)19-7-5-18(6-8-19)16-30-34/h5-14,16-17,24,34H,2-4,15H2,1H3,(H,32,33). The molecular formula is C28H26N4O5. The maximum Gasteiger partial charge on any atom is 0.279 e. The van der Waals surface area contributed by atoms with Crippen LogP contribution in [0.5, 0.6) is 5.75 Å². The maximum atomic E-state index is 13.3. The van der Waals surface area contributed by atoms with E-state index < -0.39 is 12.2 Å². The third kappa shape index (κ3) is 5.28. The number of carbonyl (C=O) groups excluding carboxylic acids is 1. The van der Waals surface area contributed by atoms with Crippen molar-refractivity contribution in [3.63, 3.8) is 0 Å². The molecule has 0 radical (unpaired) electrons. The third-order valence-corrected chi connectivity index (χ3v) is 6.20. The van der Waals surface area contributed by atoms with Crippen LogP contribution in [0.15, 0.2) is 72.1 Å². The summed E-state index contributed by atoms with van der Waals surface area (Å²) in [5, 5.41) is 12.3. The van der Waals surface area contributed by atoms with Crippen molar-refractivity contribution in [2.24, 2.45) is 5.16 Å². The van der Waals surface area contributed by atoms with Gasteiger partial charge in [0.1, 0.15) is 5.69 Å². The van der Waals surface area contributed by atoms with Crippen LogP contribution in [0, 0.1) is 0 Å². The number of carbonyl (C=O) groups is 1. The van der Waals surface area contributed by atoms with Gasteiger partial charge in [0.25, 0.3) is 5.91 Å². The number of benzene rings is 2. The van der Waals surface area contributed by atoms with Gasteiger partial charge in [-0.25, -0.2) is 15.3 Å². The molecule has 1 fully saturated rings. The molecule has 0 bridgehead atoms. The lowest BCUT2D eigenvalue weighted by Crippen LogP contribution is -2.33. The zero-order valence-corrected chi connectivity index (χ0v) is 20.3. The van der Waals surface area contributed by atoms with Crippen LogP contribution in [-0.2, 0) is 9.57 Å². The molecule has 4 aromatic rings. The number of ether oxygens (including phenoxy) is 2. The van der Waals surface area contributed by atoms with Crippen LogP contribution in [0.4, 0.5) is 0 Å². The predicted octanol–water partition coefficient (Wildman–Crippen LogP) is 4.97. The molecule has 1 amide bonds. The Morgan fingerprint density at radius 1 is 1.08 bits per heavy atom. The third-order valence-electron chi connectivity index (χ3n) is 6.20. The molecule has 0 aliphatic carbocycles. The molecule has 2 aromatic carbocycles. The number of nitrogens with one attached hydrogen (secondary N) is 1. The minimum atomic E-state index is -0.480. The first-order valence-electron chi connectivity index (χ1n) is 12.0. The Hall–Kier alpha value is -4.34. The average Bonchev–Trinajstić information content (AvgIpc) is 2.96. The summed E-state index contributed by atoms with van der Waals surface area (Å²) in [7, 11) is 1.51. The fraction of sp³-hybridized carbons (Fsp3) is 0.214. The van der Waals surface area contributed by atoms with Crippen molar-refractivity contribution in [1.29, 1.82) is 0 Å². The summed E-state index contributed by atoms with van der Waals surface area (Å²) in [5.74, 6) is -0.137. The van der Waals surface area contributed by atoms with Crippen LogP contribution in [0.25, 0.3) is 33.3 Å². The van der Waals surface area contributed by atoms with E-state index in [2.05, 4.69) is 15.6 Å². The van der Waals surface area contributed by atoms with Crippen molar-refractivity contribution in [2.45, 2.75) is 25.6 Å². The molecule has 9 nitrogen and oxygen atoms in total. The van der Waals surface area contributed by atoms with E-state index in [0.717, 1.165) is 35.1 Å². The van der Waals surface area contributed by atoms with Crippen molar-refractivity contribution in [1.82, 2.24) is 15.4 Å². The molecule has 5 rings (SSSR count). The van der Waals surface area contributed by atoms with Gasteiger partial charge in [0.2, 0.25) is 0 Å². The monoisotopic (exact) mass is 498 g/mol. The summed E-state index contributed by atoms with van der Waals surface area (Å²) in [6.07, 6.45) is 6.79. The quantitative estimate of drug-likeness (QED) is 0.210. The van der Waals surface area contributed by atoms with Crippen molar-refractivity contribution >= 4 is 23.0 Å². The van der Waals surface area contributed by atoms with Crippen molar-refractivity contribution in [2.75, 3.05) is 13.7 Å². The first-order chi connectivity index (χ1) is 18.2. The van der Waals surface area contributed by atoms with Crippen LogP contribution in [0.3, 0.4) is 0 Å². The molecule has 2 N–H and O–H groups in total. The molecule has 37 heavy (non-hydrogen) atoms. The number of methoxy groups -OCH3 is 1. The van der Waals surface area contributed by atoms with E-state index in [0.29, 0.717) is 35.4 Å². The zero-order chi connectivity index (χ0) is 25.6. The summed E-state index contributed by atoms with van der Waals surface area (Å²) in [6, 6.07) is 17.2. The van der Waals surface area contributed by atoms with Crippen molar-refractivity contribution in [3.8, 4) is 28.1 Å². The molecule has 1 unspecified atom stereocenters. The van der Waals surface area contributed by atoms with E-state index in [1.807, 2.05) is 48.5 Å². The van der Waals surface area contributed by atoms with Crippen LogP contribution in [0.2, 0.25) is 0 Å². The molecule has 2 aromatic heterocycles. The highest BCUT2D eigenvalue weighted by atomic mass is 16.8. The minimum absolute atomic E-state index is 0.289. The SMILES string of the molecule is COc1c(-c2ccc(-c3ccc(C=NO)cc3)cc2)nc2ccncc2c1C(=O)NOC1CCCCO1. The number of fused-ring (bicyclic) bond motifs is 1. The number of aromatic nitrogens is 2. The highest BCUT2D eigenvalue weighted by molar-refractivity contribution is 6.09. The first-order valence-corrected chi connectivity index (χ1v) is 12.0. The van der Waals surface area contributed by atoms with Crippen molar-refractivity contribution in [3.05, 3.63) is 78.1 Å². The fourth-order valence-corrected chi connectivity index (χ4v) is 4.33. The van der Waals surface area contributed by atoms with Gasteiger partial charge in [-0.3, -0.25) is 9.78 Å². The lowest BCUT2D eigenvalue weighted by atomic mass is 9.99. The first kappa shape index (κ1) is 24.4. The molecule has 1 aliphatic rings. The van der Waals surface area contributed by atoms with Crippen LogP contribution in [0.1, 0.15) is 35.2 Å². The maximum absolute atomic E-state index is 13.3. The number of oxime groups is 1. The van der Waals surface area contributed by atoms with Crippen LogP contribution >= 0.6 is 0 Å². The lowest BCUT2D eigenvalue weighted by Gasteiger charge is -2.22. The second kappa shape index (κ2) is 11.2. The fourth-order valence-electron chi connectivity index (χ4n) is 4.33. The number of pyridine rings is 2. The number of hydrogen-bond acceptors (Lipinski definition) is 8. The second-order valence-electron chi connectivity index (χ2n) is 8.55. The van der Waals surface area contributed by atoms with Crippen LogP contribution < -0.4 is 10.2 Å². The Labute approximate surface area is 213 Å². The average molecular weight is 499 g/mol. The van der Waals surface area contributed by atoms with Gasteiger partial charge < -0.3 is 14.7 Å². The van der Waals surface area contributed by atoms with Crippen LogP contribution in [-0.4, -0.2) is 47.3 Å². The molecule has 0 saturated carbocycles. The van der Waals surface area contributed by atoms with Gasteiger partial charge in [-0.05, 0) is 35.6 Å². The smallest absolute Gasteiger partial charge is 0.279 e. The van der Waals surface area contributed by atoms with Crippen molar-refractivity contribution < 1.29 is 24.3 Å². The summed E-state index contributed by atoms with van der Waals surface area (Å²) < 4.78 is 11.3. The molecule has 1 atom stereocenters. The summed E-state index contributed by atoms with van der Waals surface area (Å²) >= 11 is 0. The Kier molecular flexibility index (Phi) is 7.34. The highest BCUT2D eigenvalue weighted by Gasteiger charge is 2.24. The molecule has 3 heterocycles. The summed E-state index contributed by atoms with van der Waals surface area (Å²) in [6.45, 7) is 0.604. The summed E-state index contributed by atoms with van der Waals surface area (Å²) in [4.78, 5) is 27.8. The Bertz CT molecular complexity index is 1420. The van der Waals surface area contributed by atoms with Gasteiger partial charge in [0, 0.05) is 36.4 Å². The molecule has 0 spiro atoms. The zero-order valence-electron chi connectivity index (χ0n) is 20.3. The molecule has 1 aliphatic heterocycles. The van der Waals surface area contributed by atoms with E-state index >= 15 is 0 Å². The van der Waals surface area contributed by atoms with E-state index in [1.165, 1.54) is 13.3 Å². The van der Waals surface area contributed by atoms with Gasteiger partial charge in [0.05, 0.1) is 24.4 Å². The highest BCUT2D eigenvalue weighted by Crippen LogP contribution is 2.37. The number of rotatable bonds is 7. The largest absolute Gasteiger partial charge is 0.494 e. The Morgan fingerprint density at radius 2 is 1.81 bits per heavy atom. The van der Waals surface area contributed by atoms with E-state index in [9.17, 15) is 4.79 Å². The molecule has 1 saturated heterocycles. The van der Waals surface area contributed by atoms with Gasteiger partial charge in [-0.2, -0.15) is 0 Å². The number of amides is 1. The topological polar surface area (TPSA) is 115 Å². The second-order valence-corrected chi connectivity index (χ2v) is 8.55. The normalized spacial score (nSPS) is 15.6. The Balaban J connectivity index is 1.49. The molecular weight excluding hydrogens is 472 g/mol. The van der Waals surface area contributed by atoms with Gasteiger partial charge in [0.15, 0.2) is 12.0 Å². The molecule has 9 heteroatoms. The number of nitrogens with zero attached hydrogens (tertiary/aromatic N) is 3. The minimum Gasteiger partial charge on any atom is -0.494 e.